The van der Waals surface area contributed by atoms with Crippen molar-refractivity contribution in [2.45, 2.75) is 45.8 Å². The Hall–Kier alpha value is -1.56. The first kappa shape index (κ1) is 19.5. The van der Waals surface area contributed by atoms with Gasteiger partial charge in [-0.15, -0.1) is 0 Å². The van der Waals surface area contributed by atoms with Crippen LogP contribution in [0.2, 0.25) is 0 Å². The topological polar surface area (TPSA) is 41.1 Å². The molecule has 0 saturated carbocycles. The van der Waals surface area contributed by atoms with Gasteiger partial charge in [0.1, 0.15) is 6.54 Å². The number of rotatable bonds is 8. The van der Waals surface area contributed by atoms with E-state index >= 15 is 0 Å². The Morgan fingerprint density at radius 2 is 1.78 bits per heavy atom. The van der Waals surface area contributed by atoms with Crippen LogP contribution in [-0.4, -0.2) is 25.2 Å². The lowest BCUT2D eigenvalue weighted by molar-refractivity contribution is -0.138. The second-order valence-corrected chi connectivity index (χ2v) is 5.99. The molecule has 6 heteroatoms. The monoisotopic (exact) mass is 330 g/mol. The van der Waals surface area contributed by atoms with Gasteiger partial charge in [-0.05, 0) is 23.5 Å². The van der Waals surface area contributed by atoms with Crippen molar-refractivity contribution in [3.8, 4) is 0 Å². The Labute approximate surface area is 135 Å². The standard InChI is InChI=1S/C17H25F3N2O/c1-4-5-13-6-8-14(9-7-13)16(12(2)3)21-10-15(23)22-11-17(18,19)20/h6-9,12,16,21H,4-5,10-11H2,1-3H3,(H,22,23). The number of alkyl halides is 3. The van der Waals surface area contributed by atoms with Crippen molar-refractivity contribution < 1.29 is 18.0 Å². The average molecular weight is 330 g/mol. The van der Waals surface area contributed by atoms with Gasteiger partial charge < -0.3 is 10.6 Å². The van der Waals surface area contributed by atoms with E-state index in [0.717, 1.165) is 18.4 Å². The number of benzene rings is 1. The highest BCUT2D eigenvalue weighted by Gasteiger charge is 2.27. The molecule has 0 aliphatic rings. The molecule has 3 nitrogen and oxygen atoms in total. The molecular formula is C17H25F3N2O. The number of carbonyl (C=O) groups is 1. The van der Waals surface area contributed by atoms with Crippen molar-refractivity contribution in [1.29, 1.82) is 0 Å². The summed E-state index contributed by atoms with van der Waals surface area (Å²) in [5.41, 5.74) is 2.28. The van der Waals surface area contributed by atoms with Gasteiger partial charge in [0.25, 0.3) is 0 Å². The zero-order valence-corrected chi connectivity index (χ0v) is 13.8. The molecule has 1 unspecified atom stereocenters. The summed E-state index contributed by atoms with van der Waals surface area (Å²) in [4.78, 5) is 11.5. The minimum absolute atomic E-state index is 0.0812. The Morgan fingerprint density at radius 1 is 1.17 bits per heavy atom. The smallest absolute Gasteiger partial charge is 0.346 e. The number of halogens is 3. The maximum absolute atomic E-state index is 12.1. The molecular weight excluding hydrogens is 305 g/mol. The minimum atomic E-state index is -4.39. The maximum atomic E-state index is 12.1. The van der Waals surface area contributed by atoms with Crippen LogP contribution in [0.4, 0.5) is 13.2 Å². The second kappa shape index (κ2) is 8.91. The summed E-state index contributed by atoms with van der Waals surface area (Å²) in [5, 5.41) is 4.91. The SMILES string of the molecule is CCCc1ccc(C(NCC(=O)NCC(F)(F)F)C(C)C)cc1. The van der Waals surface area contributed by atoms with Crippen molar-refractivity contribution in [3.05, 3.63) is 35.4 Å². The van der Waals surface area contributed by atoms with Gasteiger partial charge in [0.05, 0.1) is 6.54 Å². The van der Waals surface area contributed by atoms with Crippen LogP contribution in [0.5, 0.6) is 0 Å². The van der Waals surface area contributed by atoms with E-state index in [1.807, 2.05) is 31.3 Å². The molecule has 0 bridgehead atoms. The molecule has 0 aliphatic carbocycles. The van der Waals surface area contributed by atoms with Crippen molar-refractivity contribution >= 4 is 5.91 Å². The van der Waals surface area contributed by atoms with E-state index in [1.165, 1.54) is 5.56 Å². The van der Waals surface area contributed by atoms with Crippen molar-refractivity contribution in [1.82, 2.24) is 10.6 Å². The van der Waals surface area contributed by atoms with Gasteiger partial charge in [-0.1, -0.05) is 51.5 Å². The van der Waals surface area contributed by atoms with Crippen LogP contribution in [0, 0.1) is 5.92 Å². The number of hydrogen-bond acceptors (Lipinski definition) is 2. The van der Waals surface area contributed by atoms with Crippen molar-refractivity contribution in [2.24, 2.45) is 5.92 Å². The molecule has 23 heavy (non-hydrogen) atoms. The quantitative estimate of drug-likeness (QED) is 0.764. The first-order valence-corrected chi connectivity index (χ1v) is 7.88. The Morgan fingerprint density at radius 3 is 2.26 bits per heavy atom. The summed E-state index contributed by atoms with van der Waals surface area (Å²) in [6, 6.07) is 8.05. The molecule has 1 aromatic rings. The summed E-state index contributed by atoms with van der Waals surface area (Å²) < 4.78 is 36.2. The van der Waals surface area contributed by atoms with Crippen LogP contribution < -0.4 is 10.6 Å². The zero-order valence-electron chi connectivity index (χ0n) is 13.8. The summed E-state index contributed by atoms with van der Waals surface area (Å²) in [6.45, 7) is 4.68. The molecule has 0 fully saturated rings. The van der Waals surface area contributed by atoms with Gasteiger partial charge >= 0.3 is 6.18 Å². The normalized spacial score (nSPS) is 13.2. The molecule has 1 atom stereocenters. The molecule has 2 N–H and O–H groups in total. The lowest BCUT2D eigenvalue weighted by Crippen LogP contribution is -2.41. The fourth-order valence-electron chi connectivity index (χ4n) is 2.38. The van der Waals surface area contributed by atoms with Crippen LogP contribution >= 0.6 is 0 Å². The largest absolute Gasteiger partial charge is 0.405 e. The van der Waals surface area contributed by atoms with Crippen LogP contribution in [0.3, 0.4) is 0 Å². The van der Waals surface area contributed by atoms with E-state index in [2.05, 4.69) is 24.4 Å². The Kier molecular flexibility index (Phi) is 7.55. The van der Waals surface area contributed by atoms with E-state index < -0.39 is 18.6 Å². The Bertz CT molecular complexity index is 484. The van der Waals surface area contributed by atoms with Crippen molar-refractivity contribution in [2.75, 3.05) is 13.1 Å². The van der Waals surface area contributed by atoms with E-state index in [9.17, 15) is 18.0 Å². The predicted molar refractivity (Wildman–Crippen MR) is 85.1 cm³/mol. The summed E-state index contributed by atoms with van der Waals surface area (Å²) in [5.74, 6) is -0.446. The highest BCUT2D eigenvalue weighted by atomic mass is 19.4. The van der Waals surface area contributed by atoms with E-state index in [0.29, 0.717) is 0 Å². The molecule has 0 aliphatic heterocycles. The molecule has 130 valence electrons. The minimum Gasteiger partial charge on any atom is -0.346 e. The molecule has 1 rings (SSSR count). The molecule has 1 aromatic carbocycles. The number of carbonyl (C=O) groups excluding carboxylic acids is 1. The molecule has 1 amide bonds. The van der Waals surface area contributed by atoms with Gasteiger partial charge in [-0.3, -0.25) is 4.79 Å². The van der Waals surface area contributed by atoms with Crippen LogP contribution in [-0.2, 0) is 11.2 Å². The maximum Gasteiger partial charge on any atom is 0.405 e. The second-order valence-electron chi connectivity index (χ2n) is 5.99. The third kappa shape index (κ3) is 7.50. The van der Waals surface area contributed by atoms with Gasteiger partial charge in [0, 0.05) is 6.04 Å². The van der Waals surface area contributed by atoms with E-state index in [4.69, 9.17) is 0 Å². The highest BCUT2D eigenvalue weighted by Crippen LogP contribution is 2.22. The first-order valence-electron chi connectivity index (χ1n) is 7.88. The fraction of sp³-hybridized carbons (Fsp3) is 0.588. The van der Waals surface area contributed by atoms with Gasteiger partial charge in [-0.2, -0.15) is 13.2 Å². The Balaban J connectivity index is 2.60. The van der Waals surface area contributed by atoms with Crippen molar-refractivity contribution in [3.63, 3.8) is 0 Å². The predicted octanol–water partition coefficient (Wildman–Crippen LogP) is 3.60. The van der Waals surface area contributed by atoms with Crippen LogP contribution in [0.1, 0.15) is 44.4 Å². The van der Waals surface area contributed by atoms with Crippen LogP contribution in [0.15, 0.2) is 24.3 Å². The number of hydrogen-bond donors (Lipinski definition) is 2. The van der Waals surface area contributed by atoms with Gasteiger partial charge in [0.15, 0.2) is 0 Å². The molecule has 0 saturated heterocycles. The average Bonchev–Trinajstić information content (AvgIpc) is 2.46. The first-order chi connectivity index (χ1) is 10.7. The van der Waals surface area contributed by atoms with Crippen LogP contribution in [0.25, 0.3) is 0 Å². The number of nitrogens with one attached hydrogen (secondary N) is 2. The highest BCUT2D eigenvalue weighted by molar-refractivity contribution is 5.78. The fourth-order valence-corrected chi connectivity index (χ4v) is 2.38. The summed E-state index contributed by atoms with van der Waals surface area (Å²) >= 11 is 0. The summed E-state index contributed by atoms with van der Waals surface area (Å²) in [7, 11) is 0. The van der Waals surface area contributed by atoms with E-state index in [-0.39, 0.29) is 18.5 Å². The third-order valence-electron chi connectivity index (χ3n) is 3.51. The molecule has 0 aromatic heterocycles. The molecule has 0 radical (unpaired) electrons. The lowest BCUT2D eigenvalue weighted by atomic mass is 9.94. The third-order valence-corrected chi connectivity index (χ3v) is 3.51. The van der Waals surface area contributed by atoms with Gasteiger partial charge in [0.2, 0.25) is 5.91 Å². The van der Waals surface area contributed by atoms with Gasteiger partial charge in [-0.25, -0.2) is 0 Å². The summed E-state index contributed by atoms with van der Waals surface area (Å²) in [6.07, 6.45) is -2.30. The van der Waals surface area contributed by atoms with E-state index in [1.54, 1.807) is 0 Å². The molecule has 0 heterocycles. The molecule has 0 spiro atoms. The lowest BCUT2D eigenvalue weighted by Gasteiger charge is -2.23. The number of aryl methyl sites for hydroxylation is 1. The number of amides is 1. The zero-order chi connectivity index (χ0) is 17.5.